The molecule has 0 radical (unpaired) electrons. The molecule has 0 saturated carbocycles. The van der Waals surface area contributed by atoms with Gasteiger partial charge in [-0.1, -0.05) is 19.9 Å². The molecule has 0 aliphatic carbocycles. The first-order valence-corrected chi connectivity index (χ1v) is 6.26. The van der Waals surface area contributed by atoms with Crippen LogP contribution in [0.25, 0.3) is 0 Å². The van der Waals surface area contributed by atoms with E-state index in [0.717, 1.165) is 36.3 Å². The molecule has 0 fully saturated rings. The van der Waals surface area contributed by atoms with Gasteiger partial charge in [0.25, 0.3) is 0 Å². The Bertz CT molecular complexity index is 399. The summed E-state index contributed by atoms with van der Waals surface area (Å²) in [6, 6.07) is 5.94. The maximum Gasteiger partial charge on any atom is 0.128 e. The minimum absolute atomic E-state index is 0.0598. The van der Waals surface area contributed by atoms with Crippen LogP contribution in [-0.2, 0) is 0 Å². The summed E-state index contributed by atoms with van der Waals surface area (Å²) in [5.41, 5.74) is 7.22. The van der Waals surface area contributed by atoms with Gasteiger partial charge in [0, 0.05) is 24.1 Å². The van der Waals surface area contributed by atoms with Crippen LogP contribution >= 0.6 is 0 Å². The van der Waals surface area contributed by atoms with Crippen LogP contribution < -0.4 is 15.2 Å². The minimum atomic E-state index is -0.112. The topological polar surface area (TPSA) is 44.5 Å². The highest BCUT2D eigenvalue weighted by Gasteiger charge is 2.37. The van der Waals surface area contributed by atoms with E-state index in [1.165, 1.54) is 0 Å². The molecule has 3 heteroatoms. The van der Waals surface area contributed by atoms with E-state index in [-0.39, 0.29) is 11.6 Å². The molecule has 2 N–H and O–H groups in total. The first-order valence-electron chi connectivity index (χ1n) is 6.26. The van der Waals surface area contributed by atoms with E-state index in [0.29, 0.717) is 0 Å². The maximum atomic E-state index is 6.24. The lowest BCUT2D eigenvalue weighted by Crippen LogP contribution is -2.41. The molecule has 1 aliphatic rings. The van der Waals surface area contributed by atoms with E-state index in [2.05, 4.69) is 13.8 Å². The second kappa shape index (κ2) is 4.57. The van der Waals surface area contributed by atoms with Gasteiger partial charge < -0.3 is 15.2 Å². The van der Waals surface area contributed by atoms with Gasteiger partial charge in [-0.2, -0.15) is 0 Å². The van der Waals surface area contributed by atoms with Gasteiger partial charge in [-0.15, -0.1) is 0 Å². The number of rotatable bonds is 3. The Morgan fingerprint density at radius 2 is 2.12 bits per heavy atom. The van der Waals surface area contributed by atoms with Crippen molar-refractivity contribution >= 4 is 0 Å². The van der Waals surface area contributed by atoms with Crippen molar-refractivity contribution in [1.29, 1.82) is 0 Å². The standard InChI is InChI=1S/C14H21NO2/c1-4-14(5-2)9-12(15)11-7-6-10(16-3)8-13(11)17-14/h6-8,12H,4-5,9,15H2,1-3H3/t12-/m0/s1. The van der Waals surface area contributed by atoms with Crippen molar-refractivity contribution in [2.24, 2.45) is 5.73 Å². The average molecular weight is 235 g/mol. The molecule has 1 aromatic carbocycles. The molecule has 0 amide bonds. The molecule has 94 valence electrons. The molecule has 0 unspecified atom stereocenters. The highest BCUT2D eigenvalue weighted by molar-refractivity contribution is 5.44. The summed E-state index contributed by atoms with van der Waals surface area (Å²) < 4.78 is 11.4. The zero-order chi connectivity index (χ0) is 12.5. The monoisotopic (exact) mass is 235 g/mol. The van der Waals surface area contributed by atoms with Crippen LogP contribution in [0.1, 0.15) is 44.7 Å². The second-order valence-corrected chi connectivity index (χ2v) is 4.71. The van der Waals surface area contributed by atoms with Gasteiger partial charge in [-0.25, -0.2) is 0 Å². The highest BCUT2D eigenvalue weighted by atomic mass is 16.5. The number of ether oxygens (including phenoxy) is 2. The van der Waals surface area contributed by atoms with E-state index in [4.69, 9.17) is 15.2 Å². The molecule has 2 rings (SSSR count). The molecular formula is C14H21NO2. The first kappa shape index (κ1) is 12.2. The summed E-state index contributed by atoms with van der Waals surface area (Å²) >= 11 is 0. The predicted molar refractivity (Wildman–Crippen MR) is 68.5 cm³/mol. The van der Waals surface area contributed by atoms with Crippen LogP contribution in [0.4, 0.5) is 0 Å². The summed E-state index contributed by atoms with van der Waals surface area (Å²) in [5, 5.41) is 0. The molecule has 0 spiro atoms. The third kappa shape index (κ3) is 2.12. The van der Waals surface area contributed by atoms with E-state index < -0.39 is 0 Å². The smallest absolute Gasteiger partial charge is 0.128 e. The van der Waals surface area contributed by atoms with Crippen molar-refractivity contribution < 1.29 is 9.47 Å². The van der Waals surface area contributed by atoms with E-state index in [1.807, 2.05) is 18.2 Å². The summed E-state index contributed by atoms with van der Waals surface area (Å²) in [6.07, 6.45) is 2.85. The quantitative estimate of drug-likeness (QED) is 0.875. The molecule has 3 nitrogen and oxygen atoms in total. The summed E-state index contributed by atoms with van der Waals surface area (Å²) in [4.78, 5) is 0. The molecule has 0 bridgehead atoms. The summed E-state index contributed by atoms with van der Waals surface area (Å²) in [5.74, 6) is 1.70. The second-order valence-electron chi connectivity index (χ2n) is 4.71. The Hall–Kier alpha value is -1.22. The fraction of sp³-hybridized carbons (Fsp3) is 0.571. The number of benzene rings is 1. The molecule has 0 aromatic heterocycles. The van der Waals surface area contributed by atoms with Crippen molar-refractivity contribution in [3.63, 3.8) is 0 Å². The van der Waals surface area contributed by atoms with Crippen molar-refractivity contribution in [2.75, 3.05) is 7.11 Å². The van der Waals surface area contributed by atoms with Crippen LogP contribution in [0, 0.1) is 0 Å². The fourth-order valence-corrected chi connectivity index (χ4v) is 2.51. The number of nitrogens with two attached hydrogens (primary N) is 1. The van der Waals surface area contributed by atoms with Crippen LogP contribution in [0.3, 0.4) is 0 Å². The highest BCUT2D eigenvalue weighted by Crippen LogP contribution is 2.42. The van der Waals surface area contributed by atoms with Gasteiger partial charge in [0.15, 0.2) is 0 Å². The zero-order valence-electron chi connectivity index (χ0n) is 10.8. The predicted octanol–water partition coefficient (Wildman–Crippen LogP) is 3.04. The lowest BCUT2D eigenvalue weighted by Gasteiger charge is -2.40. The van der Waals surface area contributed by atoms with Crippen molar-refractivity contribution in [3.05, 3.63) is 23.8 Å². The Balaban J connectivity index is 2.39. The third-order valence-corrected chi connectivity index (χ3v) is 3.83. The number of fused-ring (bicyclic) bond motifs is 1. The molecule has 17 heavy (non-hydrogen) atoms. The van der Waals surface area contributed by atoms with Gasteiger partial charge in [0.2, 0.25) is 0 Å². The van der Waals surface area contributed by atoms with Gasteiger partial charge in [0.1, 0.15) is 17.1 Å². The van der Waals surface area contributed by atoms with Gasteiger partial charge in [-0.05, 0) is 18.9 Å². The Morgan fingerprint density at radius 1 is 1.41 bits per heavy atom. The molecule has 1 aliphatic heterocycles. The number of hydrogen-bond acceptors (Lipinski definition) is 3. The SMILES string of the molecule is CCC1(CC)C[C@H](N)c2ccc(OC)cc2O1. The van der Waals surface area contributed by atoms with Crippen molar-refractivity contribution in [2.45, 2.75) is 44.8 Å². The van der Waals surface area contributed by atoms with E-state index in [9.17, 15) is 0 Å². The van der Waals surface area contributed by atoms with Gasteiger partial charge >= 0.3 is 0 Å². The first-order chi connectivity index (χ1) is 8.14. The van der Waals surface area contributed by atoms with Crippen molar-refractivity contribution in [1.82, 2.24) is 0 Å². The van der Waals surface area contributed by atoms with Crippen LogP contribution in [-0.4, -0.2) is 12.7 Å². The average Bonchev–Trinajstić information content (AvgIpc) is 2.37. The number of methoxy groups -OCH3 is 1. The molecule has 1 aromatic rings. The molecule has 1 atom stereocenters. The van der Waals surface area contributed by atoms with Crippen LogP contribution in [0.2, 0.25) is 0 Å². The molecule has 1 heterocycles. The van der Waals surface area contributed by atoms with E-state index in [1.54, 1.807) is 7.11 Å². The summed E-state index contributed by atoms with van der Waals surface area (Å²) in [6.45, 7) is 4.31. The van der Waals surface area contributed by atoms with Gasteiger partial charge in [0.05, 0.1) is 7.11 Å². The lowest BCUT2D eigenvalue weighted by molar-refractivity contribution is 0.0280. The van der Waals surface area contributed by atoms with Crippen LogP contribution in [0.5, 0.6) is 11.5 Å². The Labute approximate surface area is 103 Å². The van der Waals surface area contributed by atoms with E-state index >= 15 is 0 Å². The van der Waals surface area contributed by atoms with Crippen LogP contribution in [0.15, 0.2) is 18.2 Å². The number of hydrogen-bond donors (Lipinski definition) is 1. The Kier molecular flexibility index (Phi) is 3.29. The zero-order valence-corrected chi connectivity index (χ0v) is 10.8. The molecular weight excluding hydrogens is 214 g/mol. The fourth-order valence-electron chi connectivity index (χ4n) is 2.51. The minimum Gasteiger partial charge on any atom is -0.497 e. The third-order valence-electron chi connectivity index (χ3n) is 3.83. The largest absolute Gasteiger partial charge is 0.497 e. The summed E-state index contributed by atoms with van der Waals surface area (Å²) in [7, 11) is 1.66. The van der Waals surface area contributed by atoms with Crippen molar-refractivity contribution in [3.8, 4) is 11.5 Å². The lowest BCUT2D eigenvalue weighted by atomic mass is 9.84. The van der Waals surface area contributed by atoms with Gasteiger partial charge in [-0.3, -0.25) is 0 Å². The maximum absolute atomic E-state index is 6.24. The Morgan fingerprint density at radius 3 is 2.71 bits per heavy atom. The normalized spacial score (nSPS) is 21.5. The molecule has 0 saturated heterocycles.